The van der Waals surface area contributed by atoms with E-state index in [2.05, 4.69) is 11.0 Å². The van der Waals surface area contributed by atoms with E-state index >= 15 is 0 Å². The zero-order chi connectivity index (χ0) is 11.5. The quantitative estimate of drug-likeness (QED) is 0.801. The van der Waals surface area contributed by atoms with Crippen molar-refractivity contribution in [3.63, 3.8) is 0 Å². The van der Waals surface area contributed by atoms with Crippen molar-refractivity contribution in [1.82, 2.24) is 0 Å². The first-order valence-electron chi connectivity index (χ1n) is 5.62. The summed E-state index contributed by atoms with van der Waals surface area (Å²) in [5.41, 5.74) is 1.54. The molecule has 0 unspecified atom stereocenters. The molecule has 1 aromatic rings. The van der Waals surface area contributed by atoms with Crippen molar-refractivity contribution in [2.75, 3.05) is 18.5 Å². The summed E-state index contributed by atoms with van der Waals surface area (Å²) in [6.07, 6.45) is 3.94. The molecule has 16 heavy (non-hydrogen) atoms. The average molecular weight is 235 g/mol. The maximum absolute atomic E-state index is 9.06. The predicted molar refractivity (Wildman–Crippen MR) is 66.8 cm³/mol. The Bertz CT molecular complexity index is 418. The summed E-state index contributed by atoms with van der Waals surface area (Å²) < 4.78 is 0. The Morgan fingerprint density at radius 2 is 2.25 bits per heavy atom. The van der Waals surface area contributed by atoms with Crippen LogP contribution in [0.4, 0.5) is 5.69 Å². The summed E-state index contributed by atoms with van der Waals surface area (Å²) in [4.78, 5) is 2.12. The topological polar surface area (TPSA) is 27.0 Å². The Morgan fingerprint density at radius 1 is 1.50 bits per heavy atom. The van der Waals surface area contributed by atoms with Crippen LogP contribution in [0.15, 0.2) is 18.2 Å². The van der Waals surface area contributed by atoms with Gasteiger partial charge in [-0.15, -0.1) is 0 Å². The molecule has 1 aromatic carbocycles. The molecule has 1 fully saturated rings. The van der Waals surface area contributed by atoms with Crippen molar-refractivity contribution < 1.29 is 0 Å². The second-order valence-electron chi connectivity index (χ2n) is 4.43. The lowest BCUT2D eigenvalue weighted by Crippen LogP contribution is -2.29. The van der Waals surface area contributed by atoms with E-state index < -0.39 is 0 Å². The van der Waals surface area contributed by atoms with Crippen LogP contribution in [-0.4, -0.2) is 13.6 Å². The minimum atomic E-state index is 0.661. The Labute approximate surface area is 101 Å². The first-order valence-corrected chi connectivity index (χ1v) is 6.00. The molecule has 0 aliphatic heterocycles. The zero-order valence-electron chi connectivity index (χ0n) is 9.41. The number of rotatable bonds is 3. The van der Waals surface area contributed by atoms with Gasteiger partial charge in [-0.05, 0) is 30.9 Å². The zero-order valence-corrected chi connectivity index (χ0v) is 10.2. The minimum absolute atomic E-state index is 0.661. The highest BCUT2D eigenvalue weighted by molar-refractivity contribution is 6.33. The van der Waals surface area contributed by atoms with Gasteiger partial charge in [0.15, 0.2) is 0 Å². The molecule has 1 saturated carbocycles. The Kier molecular flexibility index (Phi) is 3.36. The number of anilines is 1. The van der Waals surface area contributed by atoms with Gasteiger partial charge >= 0.3 is 0 Å². The molecule has 0 spiro atoms. The van der Waals surface area contributed by atoms with Crippen molar-refractivity contribution in [2.24, 2.45) is 5.92 Å². The lowest BCUT2D eigenvalue weighted by Gasteiger charge is -2.32. The Balaban J connectivity index is 2.20. The van der Waals surface area contributed by atoms with Gasteiger partial charge < -0.3 is 4.90 Å². The van der Waals surface area contributed by atoms with E-state index in [1.54, 1.807) is 0 Å². The van der Waals surface area contributed by atoms with Gasteiger partial charge in [0.05, 0.1) is 16.3 Å². The predicted octanol–water partition coefficient (Wildman–Crippen LogP) is 3.45. The highest BCUT2D eigenvalue weighted by Crippen LogP contribution is 2.32. The highest BCUT2D eigenvalue weighted by Gasteiger charge is 2.21. The molecular weight excluding hydrogens is 220 g/mol. The molecule has 0 aromatic heterocycles. The number of halogens is 1. The Morgan fingerprint density at radius 3 is 2.81 bits per heavy atom. The van der Waals surface area contributed by atoms with E-state index in [9.17, 15) is 0 Å². The van der Waals surface area contributed by atoms with Crippen molar-refractivity contribution in [3.05, 3.63) is 28.8 Å². The van der Waals surface area contributed by atoms with E-state index in [0.717, 1.165) is 18.2 Å². The third-order valence-corrected chi connectivity index (χ3v) is 3.55. The SMILES string of the molecule is CN(CC1CCC1)c1c(Cl)cccc1C#N. The third-order valence-electron chi connectivity index (χ3n) is 3.25. The largest absolute Gasteiger partial charge is 0.372 e. The number of benzene rings is 1. The van der Waals surface area contributed by atoms with Crippen LogP contribution < -0.4 is 4.90 Å². The lowest BCUT2D eigenvalue weighted by molar-refractivity contribution is 0.321. The number of nitriles is 1. The van der Waals surface area contributed by atoms with Crippen LogP contribution in [0.3, 0.4) is 0 Å². The molecule has 2 nitrogen and oxygen atoms in total. The standard InChI is InChI=1S/C13H15ClN2/c1-16(9-10-4-2-5-10)13-11(8-15)6-3-7-12(13)14/h3,6-7,10H,2,4-5,9H2,1H3. The number of hydrogen-bond acceptors (Lipinski definition) is 2. The van der Waals surface area contributed by atoms with Gasteiger partial charge in [0, 0.05) is 13.6 Å². The van der Waals surface area contributed by atoms with Crippen molar-refractivity contribution in [2.45, 2.75) is 19.3 Å². The fourth-order valence-corrected chi connectivity index (χ4v) is 2.47. The van der Waals surface area contributed by atoms with Gasteiger partial charge in [-0.3, -0.25) is 0 Å². The number of hydrogen-bond donors (Lipinski definition) is 0. The third kappa shape index (κ3) is 2.15. The molecule has 2 rings (SSSR count). The summed E-state index contributed by atoms with van der Waals surface area (Å²) in [5, 5.41) is 9.73. The molecule has 84 valence electrons. The fourth-order valence-electron chi connectivity index (χ4n) is 2.15. The number of para-hydroxylation sites is 1. The van der Waals surface area contributed by atoms with E-state index in [1.165, 1.54) is 19.3 Å². The van der Waals surface area contributed by atoms with E-state index in [4.69, 9.17) is 16.9 Å². The average Bonchev–Trinajstić information content (AvgIpc) is 2.22. The van der Waals surface area contributed by atoms with Crippen molar-refractivity contribution in [3.8, 4) is 6.07 Å². The lowest BCUT2D eigenvalue weighted by atomic mass is 9.85. The maximum atomic E-state index is 9.06. The van der Waals surface area contributed by atoms with Crippen molar-refractivity contribution in [1.29, 1.82) is 5.26 Å². The van der Waals surface area contributed by atoms with Gasteiger partial charge in [-0.1, -0.05) is 24.1 Å². The second-order valence-corrected chi connectivity index (χ2v) is 4.83. The van der Waals surface area contributed by atoms with E-state index in [0.29, 0.717) is 10.6 Å². The molecule has 1 aliphatic rings. The van der Waals surface area contributed by atoms with Gasteiger partial charge in [0.25, 0.3) is 0 Å². The van der Waals surface area contributed by atoms with Crippen LogP contribution in [0.25, 0.3) is 0 Å². The number of nitrogens with zero attached hydrogens (tertiary/aromatic N) is 2. The Hall–Kier alpha value is -1.20. The molecule has 0 atom stereocenters. The molecule has 1 aliphatic carbocycles. The highest BCUT2D eigenvalue weighted by atomic mass is 35.5. The van der Waals surface area contributed by atoms with Crippen LogP contribution in [0.1, 0.15) is 24.8 Å². The molecule has 0 radical (unpaired) electrons. The molecule has 0 saturated heterocycles. The first-order chi connectivity index (χ1) is 7.72. The second kappa shape index (κ2) is 4.76. The van der Waals surface area contributed by atoms with Gasteiger partial charge in [0.2, 0.25) is 0 Å². The van der Waals surface area contributed by atoms with Gasteiger partial charge in [-0.25, -0.2) is 0 Å². The van der Waals surface area contributed by atoms with E-state index in [-0.39, 0.29) is 0 Å². The molecule has 3 heteroatoms. The monoisotopic (exact) mass is 234 g/mol. The first kappa shape index (κ1) is 11.3. The normalized spacial score (nSPS) is 15.3. The maximum Gasteiger partial charge on any atom is 0.101 e. The van der Waals surface area contributed by atoms with Crippen LogP contribution in [0, 0.1) is 17.2 Å². The van der Waals surface area contributed by atoms with Crippen molar-refractivity contribution >= 4 is 17.3 Å². The minimum Gasteiger partial charge on any atom is -0.372 e. The molecule has 0 amide bonds. The van der Waals surface area contributed by atoms with Crippen LogP contribution >= 0.6 is 11.6 Å². The van der Waals surface area contributed by atoms with Crippen LogP contribution in [0.2, 0.25) is 5.02 Å². The summed E-state index contributed by atoms with van der Waals surface area (Å²) in [5.74, 6) is 0.771. The van der Waals surface area contributed by atoms with Crippen LogP contribution in [-0.2, 0) is 0 Å². The summed E-state index contributed by atoms with van der Waals surface area (Å²) in [6.45, 7) is 0.998. The van der Waals surface area contributed by atoms with E-state index in [1.807, 2.05) is 25.2 Å². The fraction of sp³-hybridized carbons (Fsp3) is 0.462. The van der Waals surface area contributed by atoms with Crippen LogP contribution in [0.5, 0.6) is 0 Å². The van der Waals surface area contributed by atoms with Gasteiger partial charge in [-0.2, -0.15) is 5.26 Å². The van der Waals surface area contributed by atoms with Gasteiger partial charge in [0.1, 0.15) is 6.07 Å². The molecule has 0 heterocycles. The summed E-state index contributed by atoms with van der Waals surface area (Å²) >= 11 is 6.15. The summed E-state index contributed by atoms with van der Waals surface area (Å²) in [7, 11) is 2.01. The molecular formula is C13H15ClN2. The summed E-state index contributed by atoms with van der Waals surface area (Å²) in [6, 6.07) is 7.68. The molecule has 0 bridgehead atoms. The smallest absolute Gasteiger partial charge is 0.101 e. The molecule has 0 N–H and O–H groups in total.